The minimum Gasteiger partial charge on any atom is -0.383 e. The molecule has 2 aromatic carbocycles. The van der Waals surface area contributed by atoms with Gasteiger partial charge in [-0.3, -0.25) is 39.4 Å². The molecule has 6 rings (SSSR count). The molecule has 0 spiro atoms. The van der Waals surface area contributed by atoms with Gasteiger partial charge in [-0.1, -0.05) is 23.7 Å². The minimum atomic E-state index is -0.578. The van der Waals surface area contributed by atoms with E-state index in [1.165, 1.54) is 24.8 Å². The number of hydrogen-bond donors (Lipinski definition) is 4. The Balaban J connectivity index is 0.876. The predicted molar refractivity (Wildman–Crippen MR) is 234 cm³/mol. The molecule has 0 bridgehead atoms. The molecule has 1 atom stereocenters. The maximum absolute atomic E-state index is 13.2. The largest absolute Gasteiger partial charge is 0.383 e. The van der Waals surface area contributed by atoms with Gasteiger partial charge < -0.3 is 30.2 Å². The zero-order valence-electron chi connectivity index (χ0n) is 34.1. The molecule has 0 saturated heterocycles. The van der Waals surface area contributed by atoms with Crippen LogP contribution in [0.1, 0.15) is 68.7 Å². The number of nitrogens with one attached hydrogen (secondary N) is 4. The number of aliphatic imine (C=N–C) groups is 1. The standard InChI is InChI=1S/C40H45ClN10O8S2/c1-22-24(3)60-39-34(22)35(27-6-8-28(41)9-7-27)46-32(36-49-48-25(4)50(36)39)21-33(53)43-13-15-58-17-19-59-18-16-57-14-12-42-29-10-11-30(31(20-29)45-26(5)52)37(54)47-40-44-23(2)38(61-40)51(55)56/h6-11,20,32,42H,12-19,21H2,1-5H3,(H,43,53)(H,45,52)(H,44,47,54)/t32-/m0/s1. The van der Waals surface area contributed by atoms with Gasteiger partial charge in [0.1, 0.15) is 22.6 Å². The van der Waals surface area contributed by atoms with E-state index in [0.29, 0.717) is 69.3 Å². The second kappa shape index (κ2) is 20.8. The van der Waals surface area contributed by atoms with Crippen LogP contribution in [0.4, 0.5) is 21.5 Å². The van der Waals surface area contributed by atoms with Crippen LogP contribution in [0.2, 0.25) is 5.02 Å². The highest BCUT2D eigenvalue weighted by molar-refractivity contribution is 7.19. The van der Waals surface area contributed by atoms with E-state index in [9.17, 15) is 24.5 Å². The quantitative estimate of drug-likeness (QED) is 0.0381. The van der Waals surface area contributed by atoms with Crippen molar-refractivity contribution in [1.29, 1.82) is 0 Å². The molecule has 4 heterocycles. The van der Waals surface area contributed by atoms with E-state index in [4.69, 9.17) is 30.8 Å². The van der Waals surface area contributed by atoms with Crippen LogP contribution in [-0.2, 0) is 23.8 Å². The normalized spacial score (nSPS) is 13.1. The molecule has 0 aliphatic carbocycles. The summed E-state index contributed by atoms with van der Waals surface area (Å²) < 4.78 is 18.9. The van der Waals surface area contributed by atoms with Crippen molar-refractivity contribution in [2.45, 2.75) is 47.1 Å². The number of rotatable bonds is 20. The number of anilines is 3. The number of aromatic nitrogens is 4. The summed E-state index contributed by atoms with van der Waals surface area (Å²) in [6, 6.07) is 11.8. The summed E-state index contributed by atoms with van der Waals surface area (Å²) in [6.45, 7) is 11.7. The van der Waals surface area contributed by atoms with Crippen molar-refractivity contribution in [2.24, 2.45) is 4.99 Å². The third kappa shape index (κ3) is 11.4. The van der Waals surface area contributed by atoms with Crippen LogP contribution in [0.5, 0.6) is 0 Å². The lowest BCUT2D eigenvalue weighted by molar-refractivity contribution is -0.380. The monoisotopic (exact) mass is 892 g/mol. The number of thiazole rings is 1. The molecule has 3 amide bonds. The topological polar surface area (TPSA) is 226 Å². The Morgan fingerprint density at radius 1 is 0.902 bits per heavy atom. The number of halogens is 1. The summed E-state index contributed by atoms with van der Waals surface area (Å²) >= 11 is 8.62. The Bertz CT molecular complexity index is 2430. The number of fused-ring (bicyclic) bond motifs is 3. The average Bonchev–Trinajstić information content (AvgIpc) is 3.85. The number of nitrogens with zero attached hydrogens (tertiary/aromatic N) is 6. The first-order valence-corrected chi connectivity index (χ1v) is 21.3. The fourth-order valence-electron chi connectivity index (χ4n) is 6.37. The van der Waals surface area contributed by atoms with Gasteiger partial charge >= 0.3 is 5.00 Å². The van der Waals surface area contributed by atoms with Gasteiger partial charge in [0.2, 0.25) is 11.8 Å². The SMILES string of the molecule is CC(=O)Nc1cc(NCCOCCOCCOCCNC(=O)C[C@@H]2N=C(c3ccc(Cl)cc3)c3c(sc(C)c3C)-n3c(C)nnc32)ccc1C(=O)Nc1nc(C)c([N+](=O)[O-])s1. The Kier molecular flexibility index (Phi) is 15.3. The second-order valence-electron chi connectivity index (χ2n) is 13.8. The number of benzene rings is 2. The van der Waals surface area contributed by atoms with Crippen molar-refractivity contribution in [1.82, 2.24) is 25.1 Å². The first kappa shape index (κ1) is 44.9. The van der Waals surface area contributed by atoms with E-state index < -0.39 is 16.9 Å². The highest BCUT2D eigenvalue weighted by atomic mass is 35.5. The van der Waals surface area contributed by atoms with Crippen LogP contribution in [0.3, 0.4) is 0 Å². The molecular formula is C40H45ClN10O8S2. The molecule has 0 saturated carbocycles. The van der Waals surface area contributed by atoms with Crippen LogP contribution >= 0.6 is 34.3 Å². The summed E-state index contributed by atoms with van der Waals surface area (Å²) in [5, 5.41) is 32.8. The van der Waals surface area contributed by atoms with E-state index in [1.54, 1.807) is 23.5 Å². The molecule has 18 nitrogen and oxygen atoms in total. The molecular weight excluding hydrogens is 848 g/mol. The maximum Gasteiger partial charge on any atom is 0.348 e. The summed E-state index contributed by atoms with van der Waals surface area (Å²) in [7, 11) is 0. The molecule has 4 N–H and O–H groups in total. The smallest absolute Gasteiger partial charge is 0.348 e. The highest BCUT2D eigenvalue weighted by Crippen LogP contribution is 2.39. The first-order valence-electron chi connectivity index (χ1n) is 19.3. The van der Waals surface area contributed by atoms with Crippen LogP contribution in [0.25, 0.3) is 5.00 Å². The Labute approximate surface area is 364 Å². The van der Waals surface area contributed by atoms with Crippen LogP contribution in [0, 0.1) is 37.8 Å². The molecule has 1 aliphatic heterocycles. The van der Waals surface area contributed by atoms with E-state index in [-0.39, 0.29) is 45.3 Å². The summed E-state index contributed by atoms with van der Waals surface area (Å²) in [4.78, 5) is 58.9. The Hall–Kier alpha value is -5.64. The minimum absolute atomic E-state index is 0.0774. The predicted octanol–water partition coefficient (Wildman–Crippen LogP) is 6.35. The van der Waals surface area contributed by atoms with Gasteiger partial charge in [-0.25, -0.2) is 4.98 Å². The lowest BCUT2D eigenvalue weighted by atomic mass is 9.99. The third-order valence-corrected chi connectivity index (χ3v) is 11.8. The summed E-state index contributed by atoms with van der Waals surface area (Å²) in [6.07, 6.45) is 0.0789. The third-order valence-electron chi connectivity index (χ3n) is 9.36. The number of ether oxygens (including phenoxy) is 3. The lowest BCUT2D eigenvalue weighted by Crippen LogP contribution is -2.29. The maximum atomic E-state index is 13.2. The van der Waals surface area contributed by atoms with Crippen molar-refractivity contribution >= 4 is 79.2 Å². The number of carbonyl (C=O) groups is 3. The fraction of sp³-hybridized carbons (Fsp3) is 0.375. The first-order chi connectivity index (χ1) is 29.3. The molecule has 0 fully saturated rings. The van der Waals surface area contributed by atoms with Crippen molar-refractivity contribution in [2.75, 3.05) is 68.7 Å². The summed E-state index contributed by atoms with van der Waals surface area (Å²) in [5.41, 5.74) is 5.06. The van der Waals surface area contributed by atoms with E-state index in [1.807, 2.05) is 35.8 Å². The molecule has 0 unspecified atom stereocenters. The molecule has 3 aromatic heterocycles. The van der Waals surface area contributed by atoms with E-state index in [0.717, 1.165) is 44.6 Å². The highest BCUT2D eigenvalue weighted by Gasteiger charge is 2.32. The van der Waals surface area contributed by atoms with Gasteiger partial charge in [0.25, 0.3) is 5.91 Å². The molecule has 0 radical (unpaired) electrons. The van der Waals surface area contributed by atoms with Gasteiger partial charge in [0.15, 0.2) is 11.0 Å². The molecule has 322 valence electrons. The molecule has 5 aromatic rings. The lowest BCUT2D eigenvalue weighted by Gasteiger charge is -2.13. The zero-order chi connectivity index (χ0) is 43.6. The van der Waals surface area contributed by atoms with Crippen LogP contribution in [-0.4, -0.2) is 101 Å². The molecule has 21 heteroatoms. The number of aryl methyl sites for hydroxylation is 3. The molecule has 1 aliphatic rings. The number of carbonyl (C=O) groups excluding carboxylic acids is 3. The van der Waals surface area contributed by atoms with Crippen LogP contribution < -0.4 is 21.3 Å². The van der Waals surface area contributed by atoms with Crippen molar-refractivity contribution < 1.29 is 33.5 Å². The van der Waals surface area contributed by atoms with Gasteiger partial charge in [0.05, 0.1) is 67.9 Å². The van der Waals surface area contributed by atoms with E-state index in [2.05, 4.69) is 50.3 Å². The van der Waals surface area contributed by atoms with Crippen molar-refractivity contribution in [3.8, 4) is 5.00 Å². The van der Waals surface area contributed by atoms with Gasteiger partial charge in [-0.2, -0.15) is 0 Å². The second-order valence-corrected chi connectivity index (χ2v) is 16.4. The summed E-state index contributed by atoms with van der Waals surface area (Å²) in [5.74, 6) is 0.195. The Morgan fingerprint density at radius 2 is 1.59 bits per heavy atom. The van der Waals surface area contributed by atoms with Gasteiger partial charge in [-0.05, 0) is 74.9 Å². The van der Waals surface area contributed by atoms with Crippen LogP contribution in [0.15, 0.2) is 47.5 Å². The van der Waals surface area contributed by atoms with Gasteiger partial charge in [0, 0.05) is 46.7 Å². The fourth-order valence-corrected chi connectivity index (χ4v) is 8.49. The number of hydrogen-bond acceptors (Lipinski definition) is 15. The van der Waals surface area contributed by atoms with E-state index >= 15 is 0 Å². The average molecular weight is 893 g/mol. The number of thiophene rings is 1. The number of amides is 3. The van der Waals surface area contributed by atoms with Crippen molar-refractivity contribution in [3.05, 3.63) is 102 Å². The zero-order valence-corrected chi connectivity index (χ0v) is 36.5. The molecule has 61 heavy (non-hydrogen) atoms. The number of nitro groups is 1. The Morgan fingerprint density at radius 3 is 2.26 bits per heavy atom. The van der Waals surface area contributed by atoms with Gasteiger partial charge in [-0.15, -0.1) is 21.5 Å². The van der Waals surface area contributed by atoms with Crippen molar-refractivity contribution in [3.63, 3.8) is 0 Å².